The van der Waals surface area contributed by atoms with Crippen molar-refractivity contribution in [2.75, 3.05) is 26.2 Å². The quantitative estimate of drug-likeness (QED) is 0.881. The molecule has 1 aromatic carbocycles. The van der Waals surface area contributed by atoms with Crippen LogP contribution in [-0.2, 0) is 17.9 Å². The van der Waals surface area contributed by atoms with Gasteiger partial charge < -0.3 is 19.5 Å². The van der Waals surface area contributed by atoms with Crippen LogP contribution in [0.3, 0.4) is 0 Å². The highest BCUT2D eigenvalue weighted by molar-refractivity contribution is 5.77. The predicted molar refractivity (Wildman–Crippen MR) is 104 cm³/mol. The molecular formula is C21H27N5O2. The second-order valence-electron chi connectivity index (χ2n) is 8.03. The van der Waals surface area contributed by atoms with Crippen LogP contribution < -0.4 is 10.1 Å². The molecule has 4 heterocycles. The van der Waals surface area contributed by atoms with Crippen LogP contribution in [0, 0.1) is 0 Å². The van der Waals surface area contributed by atoms with Crippen LogP contribution in [0.2, 0.25) is 0 Å². The number of hydrogen-bond acceptors (Lipinski definition) is 5. The van der Waals surface area contributed by atoms with Crippen molar-refractivity contribution >= 4 is 5.91 Å². The molecule has 5 rings (SSSR count). The van der Waals surface area contributed by atoms with Gasteiger partial charge in [-0.3, -0.25) is 4.79 Å². The van der Waals surface area contributed by atoms with Crippen molar-refractivity contribution in [2.24, 2.45) is 0 Å². The van der Waals surface area contributed by atoms with Gasteiger partial charge in [0.25, 0.3) is 0 Å². The number of ether oxygens (including phenoxy) is 1. The molecule has 148 valence electrons. The summed E-state index contributed by atoms with van der Waals surface area (Å²) in [6, 6.07) is 8.13. The Balaban J connectivity index is 1.21. The van der Waals surface area contributed by atoms with Crippen molar-refractivity contribution in [1.29, 1.82) is 0 Å². The summed E-state index contributed by atoms with van der Waals surface area (Å²) in [5, 5.41) is 12.1. The van der Waals surface area contributed by atoms with Crippen LogP contribution in [0.15, 0.2) is 24.3 Å². The fourth-order valence-electron chi connectivity index (χ4n) is 4.77. The van der Waals surface area contributed by atoms with Gasteiger partial charge in [-0.2, -0.15) is 0 Å². The zero-order valence-electron chi connectivity index (χ0n) is 16.1. The van der Waals surface area contributed by atoms with Gasteiger partial charge >= 0.3 is 0 Å². The fraction of sp³-hybridized carbons (Fsp3) is 0.571. The van der Waals surface area contributed by atoms with Crippen LogP contribution in [0.5, 0.6) is 5.75 Å². The summed E-state index contributed by atoms with van der Waals surface area (Å²) < 4.78 is 8.01. The van der Waals surface area contributed by atoms with Gasteiger partial charge in [-0.1, -0.05) is 18.2 Å². The molecule has 2 aromatic rings. The van der Waals surface area contributed by atoms with Crippen LogP contribution >= 0.6 is 0 Å². The Morgan fingerprint density at radius 3 is 2.89 bits per heavy atom. The van der Waals surface area contributed by atoms with Gasteiger partial charge in [0, 0.05) is 38.5 Å². The number of para-hydroxylation sites is 1. The Bertz CT molecular complexity index is 856. The molecule has 7 heteroatoms. The minimum Gasteiger partial charge on any atom is -0.493 e. The molecule has 28 heavy (non-hydrogen) atoms. The van der Waals surface area contributed by atoms with E-state index >= 15 is 0 Å². The normalized spacial score (nSPS) is 22.3. The molecule has 1 amide bonds. The number of piperidine rings is 1. The maximum absolute atomic E-state index is 12.9. The number of carbonyl (C=O) groups excluding carboxylic acids is 1. The zero-order valence-corrected chi connectivity index (χ0v) is 16.1. The number of aromatic nitrogens is 3. The summed E-state index contributed by atoms with van der Waals surface area (Å²) in [5.74, 6) is 4.04. The van der Waals surface area contributed by atoms with Gasteiger partial charge in [0.2, 0.25) is 5.91 Å². The zero-order chi connectivity index (χ0) is 18.9. The number of likely N-dealkylation sites (tertiary alicyclic amines) is 1. The standard InChI is InChI=1S/C21H27N5O2/c27-20(13-16-7-12-28-18-4-2-1-3-17(16)18)25-9-5-15(6-10-25)21-24-23-19-14-22-8-11-26(19)21/h1-4,15-16,22H,5-14H2. The molecule has 0 bridgehead atoms. The first kappa shape index (κ1) is 17.7. The van der Waals surface area contributed by atoms with E-state index in [-0.39, 0.29) is 11.8 Å². The number of benzene rings is 1. The van der Waals surface area contributed by atoms with E-state index in [9.17, 15) is 4.79 Å². The Hall–Kier alpha value is -2.41. The number of nitrogens with zero attached hydrogens (tertiary/aromatic N) is 4. The molecule has 1 aromatic heterocycles. The van der Waals surface area contributed by atoms with Gasteiger partial charge in [-0.15, -0.1) is 10.2 Å². The summed E-state index contributed by atoms with van der Waals surface area (Å²) in [6.07, 6.45) is 3.44. The van der Waals surface area contributed by atoms with E-state index < -0.39 is 0 Å². The van der Waals surface area contributed by atoms with Crippen molar-refractivity contribution in [3.8, 4) is 5.75 Å². The SMILES string of the molecule is O=C(CC1CCOc2ccccc21)N1CCC(c2nnc3n2CCNC3)CC1. The summed E-state index contributed by atoms with van der Waals surface area (Å²) in [6.45, 7) is 5.05. The minimum absolute atomic E-state index is 0.270. The average molecular weight is 381 g/mol. The first-order valence-corrected chi connectivity index (χ1v) is 10.4. The smallest absolute Gasteiger partial charge is 0.223 e. The van der Waals surface area contributed by atoms with E-state index in [1.807, 2.05) is 23.1 Å². The van der Waals surface area contributed by atoms with Crippen LogP contribution in [0.4, 0.5) is 0 Å². The summed E-state index contributed by atoms with van der Waals surface area (Å²) >= 11 is 0. The van der Waals surface area contributed by atoms with Crippen molar-refractivity contribution in [3.05, 3.63) is 41.5 Å². The van der Waals surface area contributed by atoms with Gasteiger partial charge in [0.15, 0.2) is 0 Å². The first-order chi connectivity index (χ1) is 13.8. The third kappa shape index (κ3) is 3.28. The van der Waals surface area contributed by atoms with E-state index in [1.165, 1.54) is 5.56 Å². The topological polar surface area (TPSA) is 72.3 Å². The fourth-order valence-corrected chi connectivity index (χ4v) is 4.77. The third-order valence-electron chi connectivity index (χ3n) is 6.37. The largest absolute Gasteiger partial charge is 0.493 e. The molecule has 1 atom stereocenters. The number of amides is 1. The number of hydrogen-bond donors (Lipinski definition) is 1. The number of fused-ring (bicyclic) bond motifs is 2. The second-order valence-corrected chi connectivity index (χ2v) is 8.03. The van der Waals surface area contributed by atoms with Crippen molar-refractivity contribution in [1.82, 2.24) is 25.0 Å². The molecule has 7 nitrogen and oxygen atoms in total. The Labute approximate surface area is 165 Å². The number of carbonyl (C=O) groups is 1. The van der Waals surface area contributed by atoms with Crippen molar-refractivity contribution in [2.45, 2.75) is 50.6 Å². The lowest BCUT2D eigenvalue weighted by molar-refractivity contribution is -0.132. The van der Waals surface area contributed by atoms with Gasteiger partial charge in [-0.25, -0.2) is 0 Å². The molecule has 0 radical (unpaired) electrons. The Kier molecular flexibility index (Phi) is 4.76. The highest BCUT2D eigenvalue weighted by Gasteiger charge is 2.31. The van der Waals surface area contributed by atoms with E-state index in [1.54, 1.807) is 0 Å². The maximum Gasteiger partial charge on any atom is 0.223 e. The van der Waals surface area contributed by atoms with E-state index in [0.717, 1.165) is 69.4 Å². The van der Waals surface area contributed by atoms with Crippen molar-refractivity contribution in [3.63, 3.8) is 0 Å². The van der Waals surface area contributed by atoms with E-state index in [2.05, 4.69) is 26.1 Å². The lowest BCUT2D eigenvalue weighted by Crippen LogP contribution is -2.39. The molecule has 1 saturated heterocycles. The summed E-state index contributed by atoms with van der Waals surface area (Å²) in [7, 11) is 0. The predicted octanol–water partition coefficient (Wildman–Crippen LogP) is 2.04. The summed E-state index contributed by atoms with van der Waals surface area (Å²) in [4.78, 5) is 15.0. The summed E-state index contributed by atoms with van der Waals surface area (Å²) in [5.41, 5.74) is 1.18. The maximum atomic E-state index is 12.9. The molecule has 0 saturated carbocycles. The average Bonchev–Trinajstić information content (AvgIpc) is 3.18. The number of nitrogens with one attached hydrogen (secondary N) is 1. The first-order valence-electron chi connectivity index (χ1n) is 10.4. The molecular weight excluding hydrogens is 354 g/mol. The lowest BCUT2D eigenvalue weighted by atomic mass is 9.89. The molecule has 1 N–H and O–H groups in total. The van der Waals surface area contributed by atoms with Gasteiger partial charge in [0.05, 0.1) is 13.2 Å². The molecule has 3 aliphatic heterocycles. The third-order valence-corrected chi connectivity index (χ3v) is 6.37. The van der Waals surface area contributed by atoms with E-state index in [4.69, 9.17) is 4.74 Å². The molecule has 1 unspecified atom stereocenters. The number of rotatable bonds is 3. The Morgan fingerprint density at radius 1 is 1.14 bits per heavy atom. The van der Waals surface area contributed by atoms with Crippen LogP contribution in [0.25, 0.3) is 0 Å². The second kappa shape index (κ2) is 7.54. The lowest BCUT2D eigenvalue weighted by Gasteiger charge is -2.34. The monoisotopic (exact) mass is 381 g/mol. The highest BCUT2D eigenvalue weighted by atomic mass is 16.5. The Morgan fingerprint density at radius 2 is 2.00 bits per heavy atom. The van der Waals surface area contributed by atoms with E-state index in [0.29, 0.717) is 18.9 Å². The molecule has 3 aliphatic rings. The molecule has 0 spiro atoms. The van der Waals surface area contributed by atoms with Crippen LogP contribution in [-0.4, -0.2) is 51.8 Å². The van der Waals surface area contributed by atoms with Gasteiger partial charge in [-0.05, 0) is 36.8 Å². The molecule has 1 fully saturated rings. The highest BCUT2D eigenvalue weighted by Crippen LogP contribution is 2.36. The minimum atomic E-state index is 0.270. The van der Waals surface area contributed by atoms with Gasteiger partial charge in [0.1, 0.15) is 17.4 Å². The molecule has 0 aliphatic carbocycles. The van der Waals surface area contributed by atoms with Crippen molar-refractivity contribution < 1.29 is 9.53 Å². The van der Waals surface area contributed by atoms with Crippen LogP contribution in [0.1, 0.15) is 54.7 Å².